The molecule has 0 aromatic heterocycles. The molecule has 0 bridgehead atoms. The van der Waals surface area contributed by atoms with Crippen molar-refractivity contribution in [3.63, 3.8) is 0 Å². The van der Waals surface area contributed by atoms with Crippen molar-refractivity contribution in [1.29, 1.82) is 0 Å². The maximum Gasteiger partial charge on any atom is 0.236 e. The first-order valence-electron chi connectivity index (χ1n) is 11.1. The monoisotopic (exact) mass is 400 g/mol. The Bertz CT molecular complexity index is 721. The summed E-state index contributed by atoms with van der Waals surface area (Å²) in [7, 11) is 0. The summed E-state index contributed by atoms with van der Waals surface area (Å²) in [6, 6.07) is 6.92. The largest absolute Gasteiger partial charge is 0.454 e. The molecule has 5 rings (SSSR count). The van der Waals surface area contributed by atoms with E-state index in [1.54, 1.807) is 0 Å². The Morgan fingerprint density at radius 1 is 0.897 bits per heavy atom. The summed E-state index contributed by atoms with van der Waals surface area (Å²) in [5.41, 5.74) is 1.17. The molecule has 29 heavy (non-hydrogen) atoms. The average molecular weight is 401 g/mol. The zero-order valence-electron chi connectivity index (χ0n) is 17.2. The Kier molecular flexibility index (Phi) is 5.50. The number of rotatable bonds is 4. The van der Waals surface area contributed by atoms with Gasteiger partial charge in [0.2, 0.25) is 12.7 Å². The molecule has 158 valence electrons. The molecule has 7 heteroatoms. The van der Waals surface area contributed by atoms with Gasteiger partial charge in [-0.25, -0.2) is 0 Å². The number of fused-ring (bicyclic) bond motifs is 1. The van der Waals surface area contributed by atoms with Gasteiger partial charge in [0.05, 0.1) is 6.54 Å². The van der Waals surface area contributed by atoms with Crippen molar-refractivity contribution in [3.05, 3.63) is 18.2 Å². The van der Waals surface area contributed by atoms with Gasteiger partial charge in [0.15, 0.2) is 11.5 Å². The number of carbonyl (C=O) groups excluding carboxylic acids is 1. The van der Waals surface area contributed by atoms with Crippen molar-refractivity contribution in [2.45, 2.75) is 31.7 Å². The Morgan fingerprint density at radius 2 is 1.62 bits per heavy atom. The Balaban J connectivity index is 1.07. The minimum Gasteiger partial charge on any atom is -0.454 e. The van der Waals surface area contributed by atoms with Gasteiger partial charge in [0.25, 0.3) is 0 Å². The third kappa shape index (κ3) is 4.16. The molecule has 0 spiro atoms. The number of benzene rings is 1. The van der Waals surface area contributed by atoms with Crippen LogP contribution >= 0.6 is 0 Å². The highest BCUT2D eigenvalue weighted by molar-refractivity contribution is 5.78. The van der Waals surface area contributed by atoms with Crippen molar-refractivity contribution in [3.8, 4) is 11.5 Å². The summed E-state index contributed by atoms with van der Waals surface area (Å²) >= 11 is 0. The summed E-state index contributed by atoms with van der Waals surface area (Å²) in [6.07, 6.45) is 5.45. The SMILES string of the molecule is O=C(CN1CCN(c2ccc3c(c2)OCO3)CC1)N1CCN(C2CCCC2)CC1. The van der Waals surface area contributed by atoms with Crippen molar-refractivity contribution in [2.75, 3.05) is 70.6 Å². The van der Waals surface area contributed by atoms with Crippen LogP contribution in [0, 0.1) is 0 Å². The van der Waals surface area contributed by atoms with Gasteiger partial charge in [-0.1, -0.05) is 12.8 Å². The summed E-state index contributed by atoms with van der Waals surface area (Å²) < 4.78 is 10.9. The van der Waals surface area contributed by atoms with Crippen molar-refractivity contribution >= 4 is 11.6 Å². The third-order valence-corrected chi connectivity index (χ3v) is 6.96. The average Bonchev–Trinajstić information content (AvgIpc) is 3.46. The van der Waals surface area contributed by atoms with E-state index in [-0.39, 0.29) is 0 Å². The number of amides is 1. The molecule has 3 heterocycles. The highest BCUT2D eigenvalue weighted by Crippen LogP contribution is 2.35. The van der Waals surface area contributed by atoms with Crippen LogP contribution in [0.5, 0.6) is 11.5 Å². The van der Waals surface area contributed by atoms with Crippen LogP contribution in [0.4, 0.5) is 5.69 Å². The van der Waals surface area contributed by atoms with E-state index in [1.165, 1.54) is 31.4 Å². The second-order valence-electron chi connectivity index (χ2n) is 8.66. The summed E-state index contributed by atoms with van der Waals surface area (Å²) in [6.45, 7) is 8.46. The van der Waals surface area contributed by atoms with Crippen molar-refractivity contribution < 1.29 is 14.3 Å². The quantitative estimate of drug-likeness (QED) is 0.766. The molecule has 0 unspecified atom stereocenters. The van der Waals surface area contributed by atoms with Gasteiger partial charge in [0, 0.05) is 70.2 Å². The summed E-state index contributed by atoms with van der Waals surface area (Å²) in [4.78, 5) is 22.2. The predicted octanol–water partition coefficient (Wildman–Crippen LogP) is 1.62. The van der Waals surface area contributed by atoms with E-state index in [0.29, 0.717) is 19.2 Å². The minimum atomic E-state index is 0.299. The van der Waals surface area contributed by atoms with E-state index in [0.717, 1.165) is 69.9 Å². The molecule has 3 aliphatic heterocycles. The number of nitrogens with zero attached hydrogens (tertiary/aromatic N) is 4. The van der Waals surface area contributed by atoms with Crippen molar-refractivity contribution in [2.24, 2.45) is 0 Å². The van der Waals surface area contributed by atoms with Gasteiger partial charge in [-0.15, -0.1) is 0 Å². The van der Waals surface area contributed by atoms with Gasteiger partial charge in [-0.05, 0) is 25.0 Å². The number of hydrogen-bond donors (Lipinski definition) is 0. The van der Waals surface area contributed by atoms with Crippen LogP contribution in [0.25, 0.3) is 0 Å². The minimum absolute atomic E-state index is 0.299. The van der Waals surface area contributed by atoms with E-state index in [9.17, 15) is 4.79 Å². The van der Waals surface area contributed by atoms with Crippen LogP contribution in [0.2, 0.25) is 0 Å². The number of anilines is 1. The lowest BCUT2D eigenvalue weighted by Crippen LogP contribution is -2.55. The van der Waals surface area contributed by atoms with E-state index in [1.807, 2.05) is 6.07 Å². The number of carbonyl (C=O) groups is 1. The number of hydrogen-bond acceptors (Lipinski definition) is 6. The molecular weight excluding hydrogens is 368 g/mol. The molecule has 1 amide bonds. The number of ether oxygens (including phenoxy) is 2. The summed E-state index contributed by atoms with van der Waals surface area (Å²) in [5, 5.41) is 0. The van der Waals surface area contributed by atoms with Gasteiger partial charge in [-0.2, -0.15) is 0 Å². The Hall–Kier alpha value is -1.99. The topological polar surface area (TPSA) is 48.5 Å². The van der Waals surface area contributed by atoms with E-state index >= 15 is 0 Å². The standard InChI is InChI=1S/C22H32N4O3/c27-22(26-13-11-24(12-14-26)18-3-1-2-4-18)16-23-7-9-25(10-8-23)19-5-6-20-21(15-19)29-17-28-20/h5-6,15,18H,1-4,7-14,16-17H2. The van der Waals surface area contributed by atoms with Gasteiger partial charge >= 0.3 is 0 Å². The summed E-state index contributed by atoms with van der Waals surface area (Å²) in [5.74, 6) is 1.95. The molecule has 4 aliphatic rings. The molecule has 2 saturated heterocycles. The van der Waals surface area contributed by atoms with Crippen LogP contribution in [0.1, 0.15) is 25.7 Å². The fraction of sp³-hybridized carbons (Fsp3) is 0.682. The van der Waals surface area contributed by atoms with Crippen LogP contribution in [-0.2, 0) is 4.79 Å². The molecule has 1 aromatic carbocycles. The second-order valence-corrected chi connectivity index (χ2v) is 8.66. The molecule has 3 fully saturated rings. The van der Waals surface area contributed by atoms with E-state index in [2.05, 4.69) is 31.7 Å². The lowest BCUT2D eigenvalue weighted by molar-refractivity contribution is -0.134. The molecular formula is C22H32N4O3. The zero-order chi connectivity index (χ0) is 19.6. The molecule has 0 N–H and O–H groups in total. The predicted molar refractivity (Wildman–Crippen MR) is 112 cm³/mol. The molecule has 1 aromatic rings. The lowest BCUT2D eigenvalue weighted by atomic mass is 10.2. The molecule has 1 aliphatic carbocycles. The Morgan fingerprint density at radius 3 is 2.38 bits per heavy atom. The second kappa shape index (κ2) is 8.40. The lowest BCUT2D eigenvalue weighted by Gasteiger charge is -2.40. The van der Waals surface area contributed by atoms with E-state index < -0.39 is 0 Å². The molecule has 7 nitrogen and oxygen atoms in total. The number of piperazine rings is 2. The molecule has 1 saturated carbocycles. The Labute approximate surface area is 173 Å². The van der Waals surface area contributed by atoms with Gasteiger partial charge in [-0.3, -0.25) is 14.6 Å². The first kappa shape index (κ1) is 19.0. The first-order chi connectivity index (χ1) is 14.3. The van der Waals surface area contributed by atoms with Crippen LogP contribution in [0.3, 0.4) is 0 Å². The van der Waals surface area contributed by atoms with Gasteiger partial charge < -0.3 is 19.3 Å². The van der Waals surface area contributed by atoms with Crippen LogP contribution in [0.15, 0.2) is 18.2 Å². The zero-order valence-corrected chi connectivity index (χ0v) is 17.2. The van der Waals surface area contributed by atoms with Crippen LogP contribution < -0.4 is 14.4 Å². The fourth-order valence-corrected chi connectivity index (χ4v) is 5.14. The molecule has 0 radical (unpaired) electrons. The molecule has 0 atom stereocenters. The maximum absolute atomic E-state index is 12.8. The normalized spacial score (nSPS) is 23.7. The van der Waals surface area contributed by atoms with Gasteiger partial charge in [0.1, 0.15) is 0 Å². The van der Waals surface area contributed by atoms with Crippen molar-refractivity contribution in [1.82, 2.24) is 14.7 Å². The smallest absolute Gasteiger partial charge is 0.236 e. The highest BCUT2D eigenvalue weighted by Gasteiger charge is 2.29. The highest BCUT2D eigenvalue weighted by atomic mass is 16.7. The maximum atomic E-state index is 12.8. The fourth-order valence-electron chi connectivity index (χ4n) is 5.14. The van der Waals surface area contributed by atoms with Crippen LogP contribution in [-0.4, -0.2) is 92.3 Å². The van der Waals surface area contributed by atoms with E-state index in [4.69, 9.17) is 9.47 Å². The third-order valence-electron chi connectivity index (χ3n) is 6.96. The first-order valence-corrected chi connectivity index (χ1v) is 11.1.